The maximum Gasteiger partial charge on any atom is 0.136 e. The topological polar surface area (TPSA) is 13.1 Å². The zero-order valence-electron chi connectivity index (χ0n) is 8.95. The molecule has 3 aromatic carbocycles. The van der Waals surface area contributed by atoms with Crippen molar-refractivity contribution in [1.29, 1.82) is 0 Å². The van der Waals surface area contributed by atoms with Crippen molar-refractivity contribution in [3.63, 3.8) is 0 Å². The Bertz CT molecular complexity index is 808. The average molecular weight is 206 g/mol. The van der Waals surface area contributed by atoms with Crippen LogP contribution in [0.25, 0.3) is 32.7 Å². The first-order valence-corrected chi connectivity index (χ1v) is 5.47. The van der Waals surface area contributed by atoms with Gasteiger partial charge in [-0.1, -0.05) is 30.3 Å². The molecule has 1 heteroatoms. The number of hydrogen-bond donors (Lipinski definition) is 0. The van der Waals surface area contributed by atoms with E-state index in [-0.39, 0.29) is 0 Å². The smallest absolute Gasteiger partial charge is 0.136 e. The summed E-state index contributed by atoms with van der Waals surface area (Å²) in [6.45, 7) is 2.10. The van der Waals surface area contributed by atoms with Crippen molar-refractivity contribution in [2.75, 3.05) is 0 Å². The molecule has 0 bridgehead atoms. The number of hydrogen-bond acceptors (Lipinski definition) is 1. The van der Waals surface area contributed by atoms with Crippen molar-refractivity contribution < 1.29 is 4.42 Å². The van der Waals surface area contributed by atoms with Gasteiger partial charge in [-0.2, -0.15) is 0 Å². The first kappa shape index (κ1) is 8.17. The van der Waals surface area contributed by atoms with Gasteiger partial charge in [-0.3, -0.25) is 0 Å². The molecule has 0 aliphatic heterocycles. The van der Waals surface area contributed by atoms with Gasteiger partial charge < -0.3 is 4.42 Å². The molecule has 0 saturated carbocycles. The van der Waals surface area contributed by atoms with Gasteiger partial charge >= 0.3 is 0 Å². The molecule has 0 aliphatic carbocycles. The Kier molecular flexibility index (Phi) is 1.31. The molecule has 0 atom stereocenters. The lowest BCUT2D eigenvalue weighted by atomic mass is 10.0. The minimum atomic E-state index is 0.990. The molecular formula is C15H10O. The van der Waals surface area contributed by atoms with E-state index in [2.05, 4.69) is 37.3 Å². The Morgan fingerprint density at radius 3 is 2.56 bits per heavy atom. The zero-order chi connectivity index (χ0) is 10.7. The zero-order valence-corrected chi connectivity index (χ0v) is 8.95. The molecule has 0 aliphatic rings. The Labute approximate surface area is 92.6 Å². The summed E-state index contributed by atoms with van der Waals surface area (Å²) >= 11 is 0. The fourth-order valence-electron chi connectivity index (χ4n) is 2.60. The highest BCUT2D eigenvalue weighted by Gasteiger charge is 2.12. The van der Waals surface area contributed by atoms with Gasteiger partial charge in [0.2, 0.25) is 0 Å². The standard InChI is InChI=1S/C15H10O/c1-9-7-11-6-5-10-3-2-4-12-14(10)15(11)13(8-9)16-12/h2-8H,1H3. The fourth-order valence-corrected chi connectivity index (χ4v) is 2.60. The van der Waals surface area contributed by atoms with Crippen LogP contribution in [-0.2, 0) is 0 Å². The first-order valence-electron chi connectivity index (χ1n) is 5.47. The maximum atomic E-state index is 5.89. The normalized spacial score (nSPS) is 12.1. The summed E-state index contributed by atoms with van der Waals surface area (Å²) in [5.74, 6) is 0. The second kappa shape index (κ2) is 2.56. The third-order valence-electron chi connectivity index (χ3n) is 3.25. The van der Waals surface area contributed by atoms with Crippen LogP contribution in [0.1, 0.15) is 5.56 Å². The lowest BCUT2D eigenvalue weighted by Crippen LogP contribution is -1.77. The van der Waals surface area contributed by atoms with Crippen LogP contribution in [0.3, 0.4) is 0 Å². The Balaban J connectivity index is 2.48. The molecule has 4 aromatic rings. The van der Waals surface area contributed by atoms with Gasteiger partial charge in [0.15, 0.2) is 0 Å². The van der Waals surface area contributed by atoms with Crippen LogP contribution in [0.4, 0.5) is 0 Å². The van der Waals surface area contributed by atoms with E-state index in [0.29, 0.717) is 0 Å². The molecule has 16 heavy (non-hydrogen) atoms. The summed E-state index contributed by atoms with van der Waals surface area (Å²) in [6, 6.07) is 14.9. The summed E-state index contributed by atoms with van der Waals surface area (Å²) in [5, 5.41) is 5.05. The van der Waals surface area contributed by atoms with Crippen LogP contribution in [-0.4, -0.2) is 0 Å². The van der Waals surface area contributed by atoms with Crippen molar-refractivity contribution in [3.8, 4) is 0 Å². The van der Waals surface area contributed by atoms with Gasteiger partial charge in [-0.15, -0.1) is 0 Å². The fraction of sp³-hybridized carbons (Fsp3) is 0.0667. The van der Waals surface area contributed by atoms with Gasteiger partial charge in [0, 0.05) is 10.8 Å². The Morgan fingerprint density at radius 2 is 1.62 bits per heavy atom. The van der Waals surface area contributed by atoms with Crippen LogP contribution in [0.5, 0.6) is 0 Å². The molecule has 76 valence electrons. The highest BCUT2D eigenvalue weighted by molar-refractivity contribution is 6.21. The van der Waals surface area contributed by atoms with Crippen LogP contribution >= 0.6 is 0 Å². The molecule has 1 aromatic heterocycles. The average Bonchev–Trinajstić information content (AvgIpc) is 2.64. The lowest BCUT2D eigenvalue weighted by Gasteiger charge is -2.00. The van der Waals surface area contributed by atoms with E-state index >= 15 is 0 Å². The number of rotatable bonds is 0. The summed E-state index contributed by atoms with van der Waals surface area (Å²) in [5.41, 5.74) is 3.24. The second-order valence-electron chi connectivity index (χ2n) is 4.38. The second-order valence-corrected chi connectivity index (χ2v) is 4.38. The minimum absolute atomic E-state index is 0.990. The summed E-state index contributed by atoms with van der Waals surface area (Å²) in [7, 11) is 0. The number of furan rings is 1. The van der Waals surface area contributed by atoms with E-state index < -0.39 is 0 Å². The lowest BCUT2D eigenvalue weighted by molar-refractivity contribution is 0.669. The number of benzene rings is 3. The molecule has 0 unspecified atom stereocenters. The van der Waals surface area contributed by atoms with Crippen LogP contribution in [0, 0.1) is 6.92 Å². The first-order chi connectivity index (χ1) is 7.83. The predicted octanol–water partition coefficient (Wildman–Crippen LogP) is 4.49. The van der Waals surface area contributed by atoms with E-state index in [9.17, 15) is 0 Å². The van der Waals surface area contributed by atoms with Crippen molar-refractivity contribution in [1.82, 2.24) is 0 Å². The van der Waals surface area contributed by atoms with E-state index in [1.807, 2.05) is 12.1 Å². The van der Waals surface area contributed by atoms with Crippen LogP contribution in [0.15, 0.2) is 46.9 Å². The van der Waals surface area contributed by atoms with Crippen molar-refractivity contribution in [3.05, 3.63) is 48.0 Å². The van der Waals surface area contributed by atoms with E-state index in [4.69, 9.17) is 4.42 Å². The van der Waals surface area contributed by atoms with Gasteiger partial charge in [0.25, 0.3) is 0 Å². The molecule has 1 nitrogen and oxygen atoms in total. The van der Waals surface area contributed by atoms with Crippen molar-refractivity contribution in [2.24, 2.45) is 0 Å². The highest BCUT2D eigenvalue weighted by atomic mass is 16.3. The summed E-state index contributed by atoms with van der Waals surface area (Å²) in [4.78, 5) is 0. The van der Waals surface area contributed by atoms with Crippen molar-refractivity contribution >= 4 is 32.7 Å². The van der Waals surface area contributed by atoms with Gasteiger partial charge in [-0.05, 0) is 35.4 Å². The van der Waals surface area contributed by atoms with E-state index in [1.165, 1.54) is 27.1 Å². The minimum Gasteiger partial charge on any atom is -0.456 e. The molecule has 0 radical (unpaired) electrons. The summed E-state index contributed by atoms with van der Waals surface area (Å²) in [6.07, 6.45) is 0. The van der Waals surface area contributed by atoms with E-state index in [1.54, 1.807) is 0 Å². The molecule has 0 fully saturated rings. The highest BCUT2D eigenvalue weighted by Crippen LogP contribution is 2.37. The maximum absolute atomic E-state index is 5.89. The van der Waals surface area contributed by atoms with Crippen molar-refractivity contribution in [2.45, 2.75) is 6.92 Å². The third-order valence-corrected chi connectivity index (χ3v) is 3.25. The molecule has 0 saturated heterocycles. The van der Waals surface area contributed by atoms with E-state index in [0.717, 1.165) is 11.2 Å². The predicted molar refractivity (Wildman–Crippen MR) is 67.1 cm³/mol. The largest absolute Gasteiger partial charge is 0.456 e. The third kappa shape index (κ3) is 0.860. The number of aryl methyl sites for hydroxylation is 1. The molecule has 0 amide bonds. The Morgan fingerprint density at radius 1 is 0.812 bits per heavy atom. The SMILES string of the molecule is Cc1cc2ccc3cccc4oc(c1)c2c34. The van der Waals surface area contributed by atoms with Crippen LogP contribution < -0.4 is 0 Å². The quantitative estimate of drug-likeness (QED) is 0.386. The Hall–Kier alpha value is -2.02. The molecule has 0 N–H and O–H groups in total. The molecule has 4 rings (SSSR count). The molecule has 0 spiro atoms. The molecule has 1 heterocycles. The summed E-state index contributed by atoms with van der Waals surface area (Å²) < 4.78 is 5.89. The van der Waals surface area contributed by atoms with Crippen LogP contribution in [0.2, 0.25) is 0 Å². The van der Waals surface area contributed by atoms with Gasteiger partial charge in [0.05, 0.1) is 0 Å². The van der Waals surface area contributed by atoms with Gasteiger partial charge in [0.1, 0.15) is 11.2 Å². The molecular weight excluding hydrogens is 196 g/mol. The van der Waals surface area contributed by atoms with Gasteiger partial charge in [-0.25, -0.2) is 0 Å². The monoisotopic (exact) mass is 206 g/mol.